The average molecular weight is 583 g/mol. The van der Waals surface area contributed by atoms with E-state index in [1.54, 1.807) is 38.5 Å². The van der Waals surface area contributed by atoms with Gasteiger partial charge in [0, 0.05) is 36.2 Å². The first kappa shape index (κ1) is 29.8. The first-order chi connectivity index (χ1) is 20.8. The molecule has 0 bridgehead atoms. The molecule has 1 aromatic heterocycles. The van der Waals surface area contributed by atoms with Gasteiger partial charge in [0.2, 0.25) is 11.9 Å². The maximum atomic E-state index is 13.6. The summed E-state index contributed by atoms with van der Waals surface area (Å²) in [4.78, 5) is 33.5. The lowest BCUT2D eigenvalue weighted by atomic mass is 10.0. The maximum Gasteiger partial charge on any atom is 0.254 e. The summed E-state index contributed by atoms with van der Waals surface area (Å²) in [6, 6.07) is 22.7. The first-order valence-corrected chi connectivity index (χ1v) is 14.5. The van der Waals surface area contributed by atoms with Gasteiger partial charge in [-0.15, -0.1) is 0 Å². The molecule has 1 atom stereocenters. The molecule has 0 aliphatic carbocycles. The molecule has 43 heavy (non-hydrogen) atoms. The van der Waals surface area contributed by atoms with E-state index in [1.807, 2.05) is 47.2 Å². The second kappa shape index (κ2) is 13.6. The molecule has 0 unspecified atom stereocenters. The monoisotopic (exact) mass is 582 g/mol. The van der Waals surface area contributed by atoms with Crippen molar-refractivity contribution >= 4 is 17.8 Å². The molecule has 0 radical (unpaired) electrons. The SMILES string of the molecule is COc1ccc(-c2cn(-c3ccc(C(C)C)cc3)c(NC(=O)CN(C[C@@H]3CCCO3)C(=O)c3cccc(OC)c3)n2)cc1. The lowest BCUT2D eigenvalue weighted by Gasteiger charge is -2.25. The molecule has 1 fully saturated rings. The Morgan fingerprint density at radius 3 is 2.42 bits per heavy atom. The van der Waals surface area contributed by atoms with Gasteiger partial charge in [0.1, 0.15) is 18.0 Å². The van der Waals surface area contributed by atoms with E-state index < -0.39 is 0 Å². The number of carbonyl (C=O) groups excluding carboxylic acids is 2. The lowest BCUT2D eigenvalue weighted by Crippen LogP contribution is -2.42. The minimum Gasteiger partial charge on any atom is -0.497 e. The van der Waals surface area contributed by atoms with Crippen LogP contribution < -0.4 is 14.8 Å². The van der Waals surface area contributed by atoms with E-state index in [4.69, 9.17) is 19.2 Å². The Kier molecular flexibility index (Phi) is 9.41. The van der Waals surface area contributed by atoms with Crippen LogP contribution in [0.3, 0.4) is 0 Å². The van der Waals surface area contributed by atoms with Gasteiger partial charge in [-0.1, -0.05) is 32.0 Å². The molecule has 4 aromatic rings. The number of anilines is 1. The number of hydrogen-bond donors (Lipinski definition) is 1. The van der Waals surface area contributed by atoms with Gasteiger partial charge in [-0.2, -0.15) is 0 Å². The Morgan fingerprint density at radius 2 is 1.77 bits per heavy atom. The first-order valence-electron chi connectivity index (χ1n) is 14.5. The molecule has 224 valence electrons. The van der Waals surface area contributed by atoms with Crippen LogP contribution in [0.1, 0.15) is 48.5 Å². The smallest absolute Gasteiger partial charge is 0.254 e. The highest BCUT2D eigenvalue weighted by Gasteiger charge is 2.26. The third-order valence-electron chi connectivity index (χ3n) is 7.57. The summed E-state index contributed by atoms with van der Waals surface area (Å²) in [5.74, 6) is 1.44. The molecule has 9 heteroatoms. The van der Waals surface area contributed by atoms with Gasteiger partial charge in [-0.3, -0.25) is 19.5 Å². The highest BCUT2D eigenvalue weighted by Crippen LogP contribution is 2.27. The molecule has 0 saturated carbocycles. The number of methoxy groups -OCH3 is 2. The summed E-state index contributed by atoms with van der Waals surface area (Å²) in [6.07, 6.45) is 3.54. The molecule has 1 aliphatic heterocycles. The van der Waals surface area contributed by atoms with E-state index in [9.17, 15) is 9.59 Å². The number of carbonyl (C=O) groups is 2. The van der Waals surface area contributed by atoms with Gasteiger partial charge in [-0.25, -0.2) is 4.98 Å². The van der Waals surface area contributed by atoms with Gasteiger partial charge >= 0.3 is 0 Å². The number of ether oxygens (including phenoxy) is 3. The van der Waals surface area contributed by atoms with Crippen LogP contribution in [0.25, 0.3) is 16.9 Å². The predicted octanol–water partition coefficient (Wildman–Crippen LogP) is 5.94. The number of hydrogen-bond acceptors (Lipinski definition) is 6. The molecular formula is C34H38N4O5. The van der Waals surface area contributed by atoms with Gasteiger partial charge in [0.05, 0.1) is 26.0 Å². The molecule has 2 amide bonds. The van der Waals surface area contributed by atoms with Crippen molar-refractivity contribution in [2.45, 2.75) is 38.7 Å². The maximum absolute atomic E-state index is 13.6. The highest BCUT2D eigenvalue weighted by atomic mass is 16.5. The third-order valence-corrected chi connectivity index (χ3v) is 7.57. The number of imidazole rings is 1. The van der Waals surface area contributed by atoms with Gasteiger partial charge < -0.3 is 19.1 Å². The van der Waals surface area contributed by atoms with Crippen molar-refractivity contribution in [2.24, 2.45) is 0 Å². The molecule has 1 saturated heterocycles. The standard InChI is InChI=1S/C34H38N4O5/c1-23(2)24-10-14-27(15-11-24)38-21-31(25-12-16-28(41-3)17-13-25)35-34(38)36-32(39)22-37(20-30-9-6-18-43-30)33(40)26-7-5-8-29(19-26)42-4/h5,7-8,10-17,19,21,23,30H,6,9,18,20,22H2,1-4H3,(H,35,36,39)/t30-/m0/s1. The Hall–Kier alpha value is -4.63. The summed E-state index contributed by atoms with van der Waals surface area (Å²) < 4.78 is 18.3. The highest BCUT2D eigenvalue weighted by molar-refractivity contribution is 5.99. The summed E-state index contributed by atoms with van der Waals surface area (Å²) in [5, 5.41) is 2.97. The number of aromatic nitrogens is 2. The fourth-order valence-electron chi connectivity index (χ4n) is 5.12. The second-order valence-corrected chi connectivity index (χ2v) is 10.9. The van der Waals surface area contributed by atoms with E-state index in [1.165, 1.54) is 10.5 Å². The molecule has 2 heterocycles. The zero-order valence-electron chi connectivity index (χ0n) is 25.1. The Labute approximate surface area is 252 Å². The zero-order valence-corrected chi connectivity index (χ0v) is 25.1. The number of nitrogens with zero attached hydrogens (tertiary/aromatic N) is 3. The molecule has 3 aromatic carbocycles. The minimum atomic E-state index is -0.360. The van der Waals surface area contributed by atoms with Crippen LogP contribution in [0.2, 0.25) is 0 Å². The van der Waals surface area contributed by atoms with Crippen LogP contribution in [-0.4, -0.2) is 66.3 Å². The van der Waals surface area contributed by atoms with E-state index in [-0.39, 0.29) is 24.5 Å². The topological polar surface area (TPSA) is 94.9 Å². The third kappa shape index (κ3) is 7.24. The Bertz CT molecular complexity index is 1540. The largest absolute Gasteiger partial charge is 0.497 e. The zero-order chi connectivity index (χ0) is 30.3. The lowest BCUT2D eigenvalue weighted by molar-refractivity contribution is -0.117. The molecule has 0 spiro atoms. The summed E-state index contributed by atoms with van der Waals surface area (Å²) in [7, 11) is 3.18. The van der Waals surface area contributed by atoms with Gasteiger partial charge in [-0.05, 0) is 78.9 Å². The molecule has 5 rings (SSSR count). The van der Waals surface area contributed by atoms with Crippen molar-refractivity contribution in [3.05, 3.63) is 90.1 Å². The number of amides is 2. The van der Waals surface area contributed by atoms with Crippen molar-refractivity contribution < 1.29 is 23.8 Å². The normalized spacial score (nSPS) is 14.5. The van der Waals surface area contributed by atoms with Crippen molar-refractivity contribution in [3.63, 3.8) is 0 Å². The fraction of sp³-hybridized carbons (Fsp3) is 0.324. The Balaban J connectivity index is 1.43. The fourth-order valence-corrected chi connectivity index (χ4v) is 5.12. The van der Waals surface area contributed by atoms with E-state index in [0.717, 1.165) is 29.8 Å². The van der Waals surface area contributed by atoms with Crippen molar-refractivity contribution in [1.82, 2.24) is 14.5 Å². The Morgan fingerprint density at radius 1 is 1.02 bits per heavy atom. The van der Waals surface area contributed by atoms with Crippen molar-refractivity contribution in [3.8, 4) is 28.4 Å². The predicted molar refractivity (Wildman–Crippen MR) is 166 cm³/mol. The van der Waals surface area contributed by atoms with Crippen LogP contribution in [0.4, 0.5) is 5.95 Å². The molecule has 1 aliphatic rings. The number of nitrogens with one attached hydrogen (secondary N) is 1. The summed E-state index contributed by atoms with van der Waals surface area (Å²) >= 11 is 0. The number of rotatable bonds is 11. The van der Waals surface area contributed by atoms with Crippen LogP contribution in [0.15, 0.2) is 79.0 Å². The van der Waals surface area contributed by atoms with Crippen LogP contribution in [0, 0.1) is 0 Å². The van der Waals surface area contributed by atoms with Crippen LogP contribution >= 0.6 is 0 Å². The van der Waals surface area contributed by atoms with E-state index in [2.05, 4.69) is 31.3 Å². The van der Waals surface area contributed by atoms with Crippen molar-refractivity contribution in [2.75, 3.05) is 39.2 Å². The average Bonchev–Trinajstić information content (AvgIpc) is 3.70. The minimum absolute atomic E-state index is 0.120. The molecule has 1 N–H and O–H groups in total. The quantitative estimate of drug-likeness (QED) is 0.235. The molecular weight excluding hydrogens is 544 g/mol. The summed E-state index contributed by atoms with van der Waals surface area (Å²) in [6.45, 7) is 5.10. The van der Waals surface area contributed by atoms with E-state index in [0.29, 0.717) is 42.0 Å². The van der Waals surface area contributed by atoms with Crippen LogP contribution in [-0.2, 0) is 9.53 Å². The van der Waals surface area contributed by atoms with Gasteiger partial charge in [0.25, 0.3) is 5.91 Å². The van der Waals surface area contributed by atoms with Crippen molar-refractivity contribution in [1.29, 1.82) is 0 Å². The van der Waals surface area contributed by atoms with Gasteiger partial charge in [0.15, 0.2) is 0 Å². The number of benzene rings is 3. The second-order valence-electron chi connectivity index (χ2n) is 10.9. The van der Waals surface area contributed by atoms with E-state index >= 15 is 0 Å². The summed E-state index contributed by atoms with van der Waals surface area (Å²) in [5.41, 5.74) is 4.08. The molecule has 9 nitrogen and oxygen atoms in total. The van der Waals surface area contributed by atoms with Crippen LogP contribution in [0.5, 0.6) is 11.5 Å².